The summed E-state index contributed by atoms with van der Waals surface area (Å²) in [6, 6.07) is 17.1. The average molecular weight is 386 g/mol. The highest BCUT2D eigenvalue weighted by Crippen LogP contribution is 2.25. The zero-order valence-corrected chi connectivity index (χ0v) is 16.4. The lowest BCUT2D eigenvalue weighted by Crippen LogP contribution is -2.54. The van der Waals surface area contributed by atoms with Gasteiger partial charge in [0.15, 0.2) is 0 Å². The van der Waals surface area contributed by atoms with E-state index in [1.165, 1.54) is 0 Å². The summed E-state index contributed by atoms with van der Waals surface area (Å²) in [7, 11) is 0. The van der Waals surface area contributed by atoms with Crippen LogP contribution >= 0.6 is 11.6 Å². The molecule has 0 saturated carbocycles. The summed E-state index contributed by atoms with van der Waals surface area (Å²) in [4.78, 5) is 29.7. The predicted octanol–water partition coefficient (Wildman–Crippen LogP) is 3.65. The molecule has 27 heavy (non-hydrogen) atoms. The van der Waals surface area contributed by atoms with Crippen LogP contribution in [0.2, 0.25) is 5.02 Å². The molecule has 2 aromatic rings. The first-order valence-electron chi connectivity index (χ1n) is 9.04. The molecule has 0 atom stereocenters. The summed E-state index contributed by atoms with van der Waals surface area (Å²) < 4.78 is 0. The molecule has 2 aromatic carbocycles. The Morgan fingerprint density at radius 3 is 2.26 bits per heavy atom. The smallest absolute Gasteiger partial charge is 0.239 e. The van der Waals surface area contributed by atoms with Crippen molar-refractivity contribution in [1.29, 1.82) is 0 Å². The molecule has 1 aliphatic heterocycles. The number of para-hydroxylation sites is 1. The fourth-order valence-electron chi connectivity index (χ4n) is 3.15. The normalized spacial score (nSPS) is 14.8. The Kier molecular flexibility index (Phi) is 5.71. The molecule has 2 amide bonds. The lowest BCUT2D eigenvalue weighted by molar-refractivity contribution is -0.146. The summed E-state index contributed by atoms with van der Waals surface area (Å²) in [5.74, 6) is -0.491. The van der Waals surface area contributed by atoms with E-state index in [-0.39, 0.29) is 11.8 Å². The van der Waals surface area contributed by atoms with Gasteiger partial charge in [0.2, 0.25) is 11.8 Å². The van der Waals surface area contributed by atoms with Crippen molar-refractivity contribution in [3.05, 3.63) is 59.6 Å². The maximum absolute atomic E-state index is 13.0. The minimum absolute atomic E-state index is 0.158. The van der Waals surface area contributed by atoms with E-state index in [0.29, 0.717) is 23.8 Å². The third-order valence-electron chi connectivity index (χ3n) is 4.87. The number of carbonyl (C=O) groups is 2. The second kappa shape index (κ2) is 8.01. The highest BCUT2D eigenvalue weighted by molar-refractivity contribution is 6.31. The molecule has 0 aliphatic carbocycles. The number of amides is 2. The van der Waals surface area contributed by atoms with Crippen LogP contribution in [0.1, 0.15) is 13.8 Å². The first-order valence-corrected chi connectivity index (χ1v) is 9.42. The van der Waals surface area contributed by atoms with Gasteiger partial charge in [-0.1, -0.05) is 35.9 Å². The number of rotatable bonds is 4. The van der Waals surface area contributed by atoms with Crippen molar-refractivity contribution in [2.24, 2.45) is 5.41 Å². The van der Waals surface area contributed by atoms with Crippen LogP contribution in [0.15, 0.2) is 54.6 Å². The average Bonchev–Trinajstić information content (AvgIpc) is 2.68. The van der Waals surface area contributed by atoms with E-state index in [0.717, 1.165) is 18.8 Å². The standard InChI is InChI=1S/C21H24ClN3O2/c1-21(2,19(26)23-17-8-6-7-16(22)15-17)20(27)25-13-11-24(12-14-25)18-9-4-3-5-10-18/h3-10,15H,11-14H2,1-2H3,(H,23,26). The van der Waals surface area contributed by atoms with Crippen LogP contribution < -0.4 is 10.2 Å². The molecule has 6 heteroatoms. The van der Waals surface area contributed by atoms with Gasteiger partial charge in [-0.05, 0) is 44.2 Å². The third-order valence-corrected chi connectivity index (χ3v) is 5.11. The lowest BCUT2D eigenvalue weighted by Gasteiger charge is -2.39. The van der Waals surface area contributed by atoms with E-state index in [4.69, 9.17) is 11.6 Å². The monoisotopic (exact) mass is 385 g/mol. The van der Waals surface area contributed by atoms with Crippen LogP contribution in [-0.2, 0) is 9.59 Å². The van der Waals surface area contributed by atoms with Crippen molar-refractivity contribution in [3.8, 4) is 0 Å². The van der Waals surface area contributed by atoms with Gasteiger partial charge in [0.05, 0.1) is 0 Å². The highest BCUT2D eigenvalue weighted by atomic mass is 35.5. The number of anilines is 2. The summed E-state index contributed by atoms with van der Waals surface area (Å²) >= 11 is 5.96. The Morgan fingerprint density at radius 1 is 0.963 bits per heavy atom. The molecular formula is C21H24ClN3O2. The third kappa shape index (κ3) is 4.42. The van der Waals surface area contributed by atoms with Crippen molar-refractivity contribution in [2.75, 3.05) is 36.4 Å². The number of hydrogen-bond donors (Lipinski definition) is 1. The van der Waals surface area contributed by atoms with E-state index in [1.807, 2.05) is 18.2 Å². The summed E-state index contributed by atoms with van der Waals surface area (Å²) in [6.07, 6.45) is 0. The van der Waals surface area contributed by atoms with Gasteiger partial charge in [0.25, 0.3) is 0 Å². The second-order valence-electron chi connectivity index (χ2n) is 7.20. The molecule has 1 fully saturated rings. The molecule has 1 saturated heterocycles. The minimum atomic E-state index is -1.16. The van der Waals surface area contributed by atoms with Crippen LogP contribution in [0.5, 0.6) is 0 Å². The Hall–Kier alpha value is -2.53. The summed E-state index contributed by atoms with van der Waals surface area (Å²) in [5, 5.41) is 3.33. The lowest BCUT2D eigenvalue weighted by atomic mass is 9.89. The number of halogens is 1. The van der Waals surface area contributed by atoms with E-state index in [9.17, 15) is 9.59 Å². The fraction of sp³-hybridized carbons (Fsp3) is 0.333. The number of carbonyl (C=O) groups excluding carboxylic acids is 2. The zero-order chi connectivity index (χ0) is 19.4. The number of benzene rings is 2. The highest BCUT2D eigenvalue weighted by Gasteiger charge is 2.40. The van der Waals surface area contributed by atoms with Gasteiger partial charge >= 0.3 is 0 Å². The SMILES string of the molecule is CC(C)(C(=O)Nc1cccc(Cl)c1)C(=O)N1CCN(c2ccccc2)CC1. The first-order chi connectivity index (χ1) is 12.9. The van der Waals surface area contributed by atoms with Crippen LogP contribution in [0.4, 0.5) is 11.4 Å². The van der Waals surface area contributed by atoms with Crippen LogP contribution in [0.3, 0.4) is 0 Å². The van der Waals surface area contributed by atoms with Crippen LogP contribution in [0.25, 0.3) is 0 Å². The molecule has 5 nitrogen and oxygen atoms in total. The molecule has 1 aliphatic rings. The molecule has 0 spiro atoms. The number of nitrogens with zero attached hydrogens (tertiary/aromatic N) is 2. The van der Waals surface area contributed by atoms with Crippen molar-refractivity contribution in [1.82, 2.24) is 4.90 Å². The van der Waals surface area contributed by atoms with E-state index >= 15 is 0 Å². The largest absolute Gasteiger partial charge is 0.368 e. The Balaban J connectivity index is 1.61. The Bertz CT molecular complexity index is 815. The van der Waals surface area contributed by atoms with Gasteiger partial charge in [-0.2, -0.15) is 0 Å². The molecular weight excluding hydrogens is 362 g/mol. The van der Waals surface area contributed by atoms with Crippen molar-refractivity contribution in [3.63, 3.8) is 0 Å². The van der Waals surface area contributed by atoms with Crippen LogP contribution in [-0.4, -0.2) is 42.9 Å². The van der Waals surface area contributed by atoms with Crippen LogP contribution in [0, 0.1) is 5.41 Å². The fourth-order valence-corrected chi connectivity index (χ4v) is 3.34. The molecule has 3 rings (SSSR count). The van der Waals surface area contributed by atoms with Gasteiger partial charge in [-0.15, -0.1) is 0 Å². The maximum atomic E-state index is 13.0. The Morgan fingerprint density at radius 2 is 1.63 bits per heavy atom. The molecule has 142 valence electrons. The molecule has 0 aromatic heterocycles. The second-order valence-corrected chi connectivity index (χ2v) is 7.64. The molecule has 0 bridgehead atoms. The number of piperazine rings is 1. The predicted molar refractivity (Wildman–Crippen MR) is 109 cm³/mol. The Labute approximate surface area is 164 Å². The maximum Gasteiger partial charge on any atom is 0.239 e. The van der Waals surface area contributed by atoms with Crippen molar-refractivity contribution < 1.29 is 9.59 Å². The topological polar surface area (TPSA) is 52.7 Å². The van der Waals surface area contributed by atoms with E-state index < -0.39 is 5.41 Å². The molecule has 1 heterocycles. The number of hydrogen-bond acceptors (Lipinski definition) is 3. The van der Waals surface area contributed by atoms with Gasteiger partial charge in [-0.25, -0.2) is 0 Å². The van der Waals surface area contributed by atoms with E-state index in [1.54, 1.807) is 43.0 Å². The molecule has 0 radical (unpaired) electrons. The van der Waals surface area contributed by atoms with Gasteiger partial charge in [-0.3, -0.25) is 9.59 Å². The quantitative estimate of drug-likeness (QED) is 0.817. The van der Waals surface area contributed by atoms with E-state index in [2.05, 4.69) is 22.3 Å². The van der Waals surface area contributed by atoms with Crippen molar-refractivity contribution >= 4 is 34.8 Å². The van der Waals surface area contributed by atoms with Gasteiger partial charge < -0.3 is 15.1 Å². The summed E-state index contributed by atoms with van der Waals surface area (Å²) in [5.41, 5.74) is 0.585. The first kappa shape index (κ1) is 19.2. The number of nitrogens with one attached hydrogen (secondary N) is 1. The molecule has 1 N–H and O–H groups in total. The summed E-state index contributed by atoms with van der Waals surface area (Å²) in [6.45, 7) is 6.03. The van der Waals surface area contributed by atoms with Gasteiger partial charge in [0.1, 0.15) is 5.41 Å². The molecule has 0 unspecified atom stereocenters. The minimum Gasteiger partial charge on any atom is -0.368 e. The zero-order valence-electron chi connectivity index (χ0n) is 15.6. The van der Waals surface area contributed by atoms with Gasteiger partial charge in [0, 0.05) is 42.6 Å². The van der Waals surface area contributed by atoms with Crippen molar-refractivity contribution in [2.45, 2.75) is 13.8 Å².